The van der Waals surface area contributed by atoms with Crippen LogP contribution in [-0.2, 0) is 21.2 Å². The van der Waals surface area contributed by atoms with Gasteiger partial charge in [-0.25, -0.2) is 13.6 Å². The molecule has 1 aromatic rings. The molecular weight excluding hydrogens is 276 g/mol. The van der Waals surface area contributed by atoms with Crippen LogP contribution in [0.15, 0.2) is 29.2 Å². The molecule has 18 heavy (non-hydrogen) atoms. The van der Waals surface area contributed by atoms with E-state index >= 15 is 0 Å². The van der Waals surface area contributed by atoms with Crippen LogP contribution in [0.1, 0.15) is 12.0 Å². The van der Waals surface area contributed by atoms with Gasteiger partial charge in [0.25, 0.3) is 0 Å². The van der Waals surface area contributed by atoms with Crippen molar-refractivity contribution in [2.75, 3.05) is 12.4 Å². The summed E-state index contributed by atoms with van der Waals surface area (Å²) in [5, 5.41) is 7.69. The Morgan fingerprint density at radius 3 is 2.39 bits per heavy atom. The molecule has 0 spiro atoms. The van der Waals surface area contributed by atoms with Crippen LogP contribution in [0.5, 0.6) is 0 Å². The van der Waals surface area contributed by atoms with Gasteiger partial charge in [-0.05, 0) is 24.1 Å². The second kappa shape index (κ2) is 6.72. The summed E-state index contributed by atoms with van der Waals surface area (Å²) in [7, 11) is -3.65. The van der Waals surface area contributed by atoms with E-state index in [0.717, 1.165) is 5.56 Å². The van der Waals surface area contributed by atoms with Gasteiger partial charge in [0, 0.05) is 18.8 Å². The fraction of sp³-hybridized carbons (Fsp3) is 0.364. The van der Waals surface area contributed by atoms with Crippen LogP contribution in [-0.4, -0.2) is 26.7 Å². The summed E-state index contributed by atoms with van der Waals surface area (Å²) in [6.07, 6.45) is 0.921. The molecule has 3 N–H and O–H groups in total. The van der Waals surface area contributed by atoms with Crippen LogP contribution in [0.2, 0.25) is 0 Å². The standard InChI is InChI=1S/C11H15ClN2O3S/c12-7-5-11(15)14-8-6-9-1-3-10(4-2-9)18(13,16)17/h1-4H,5-8H2,(H,14,15)(H2,13,16,17). The molecular formula is C11H15ClN2O3S. The maximum absolute atomic E-state index is 11.1. The van der Waals surface area contributed by atoms with Gasteiger partial charge in [-0.15, -0.1) is 11.6 Å². The smallest absolute Gasteiger partial charge is 0.238 e. The molecule has 0 fully saturated rings. The van der Waals surface area contributed by atoms with Crippen LogP contribution in [0, 0.1) is 0 Å². The first-order valence-corrected chi connectivity index (χ1v) is 7.46. The molecule has 0 bridgehead atoms. The van der Waals surface area contributed by atoms with Gasteiger partial charge in [-0.1, -0.05) is 12.1 Å². The van der Waals surface area contributed by atoms with Crippen molar-refractivity contribution in [1.29, 1.82) is 0 Å². The number of nitrogens with one attached hydrogen (secondary N) is 1. The van der Waals surface area contributed by atoms with E-state index in [2.05, 4.69) is 5.32 Å². The van der Waals surface area contributed by atoms with Crippen LogP contribution in [0.4, 0.5) is 0 Å². The summed E-state index contributed by atoms with van der Waals surface area (Å²) in [4.78, 5) is 11.2. The number of halogens is 1. The number of amides is 1. The zero-order valence-electron chi connectivity index (χ0n) is 9.73. The topological polar surface area (TPSA) is 89.3 Å². The van der Waals surface area contributed by atoms with Gasteiger partial charge in [0.1, 0.15) is 0 Å². The third-order valence-electron chi connectivity index (χ3n) is 2.31. The van der Waals surface area contributed by atoms with E-state index in [9.17, 15) is 13.2 Å². The van der Waals surface area contributed by atoms with Crippen molar-refractivity contribution < 1.29 is 13.2 Å². The zero-order valence-corrected chi connectivity index (χ0v) is 11.3. The van der Waals surface area contributed by atoms with E-state index in [1.54, 1.807) is 12.1 Å². The fourth-order valence-electron chi connectivity index (χ4n) is 1.37. The van der Waals surface area contributed by atoms with Gasteiger partial charge in [0.2, 0.25) is 15.9 Å². The molecule has 1 amide bonds. The van der Waals surface area contributed by atoms with Crippen molar-refractivity contribution in [3.63, 3.8) is 0 Å². The second-order valence-electron chi connectivity index (χ2n) is 3.73. The van der Waals surface area contributed by atoms with Crippen LogP contribution < -0.4 is 10.5 Å². The molecule has 0 radical (unpaired) electrons. The van der Waals surface area contributed by atoms with Crippen molar-refractivity contribution in [2.24, 2.45) is 5.14 Å². The SMILES string of the molecule is NS(=O)(=O)c1ccc(CCNC(=O)CCCl)cc1. The number of sulfonamides is 1. The maximum atomic E-state index is 11.1. The largest absolute Gasteiger partial charge is 0.356 e. The summed E-state index contributed by atoms with van der Waals surface area (Å²) in [5.74, 6) is 0.209. The number of carbonyl (C=O) groups is 1. The van der Waals surface area contributed by atoms with E-state index in [0.29, 0.717) is 25.3 Å². The summed E-state index contributed by atoms with van der Waals surface area (Å²) in [6.45, 7) is 0.491. The molecule has 0 saturated heterocycles. The lowest BCUT2D eigenvalue weighted by atomic mass is 10.1. The van der Waals surface area contributed by atoms with Gasteiger partial charge in [-0.3, -0.25) is 4.79 Å². The number of hydrogen-bond acceptors (Lipinski definition) is 3. The first kappa shape index (κ1) is 14.9. The fourth-order valence-corrected chi connectivity index (χ4v) is 2.05. The molecule has 5 nitrogen and oxygen atoms in total. The Morgan fingerprint density at radius 1 is 1.28 bits per heavy atom. The normalized spacial score (nSPS) is 11.2. The molecule has 1 rings (SSSR count). The third kappa shape index (κ3) is 5.03. The number of rotatable bonds is 6. The molecule has 0 unspecified atom stereocenters. The number of carbonyl (C=O) groups excluding carboxylic acids is 1. The van der Waals surface area contributed by atoms with Gasteiger partial charge in [0.15, 0.2) is 0 Å². The highest BCUT2D eigenvalue weighted by Gasteiger charge is 2.06. The Labute approximate surface area is 111 Å². The molecule has 0 aliphatic rings. The van der Waals surface area contributed by atoms with E-state index < -0.39 is 10.0 Å². The summed E-state index contributed by atoms with van der Waals surface area (Å²) >= 11 is 5.42. The predicted molar refractivity (Wildman–Crippen MR) is 69.9 cm³/mol. The first-order valence-electron chi connectivity index (χ1n) is 5.38. The van der Waals surface area contributed by atoms with Crippen LogP contribution in [0.25, 0.3) is 0 Å². The highest BCUT2D eigenvalue weighted by Crippen LogP contribution is 2.08. The Bertz CT molecular complexity index is 500. The molecule has 0 atom stereocenters. The average Bonchev–Trinajstić information content (AvgIpc) is 2.29. The minimum Gasteiger partial charge on any atom is -0.356 e. The highest BCUT2D eigenvalue weighted by atomic mass is 35.5. The zero-order chi connectivity index (χ0) is 13.6. The summed E-state index contributed by atoms with van der Waals surface area (Å²) in [6, 6.07) is 6.25. The predicted octanol–water partition coefficient (Wildman–Crippen LogP) is 0.622. The summed E-state index contributed by atoms with van der Waals surface area (Å²) < 4.78 is 22.1. The Morgan fingerprint density at radius 2 is 1.89 bits per heavy atom. The van der Waals surface area contributed by atoms with E-state index in [-0.39, 0.29) is 10.8 Å². The molecule has 0 aromatic heterocycles. The number of primary sulfonamides is 1. The van der Waals surface area contributed by atoms with Crippen LogP contribution >= 0.6 is 11.6 Å². The highest BCUT2D eigenvalue weighted by molar-refractivity contribution is 7.89. The van der Waals surface area contributed by atoms with Gasteiger partial charge in [0.05, 0.1) is 4.90 Å². The second-order valence-corrected chi connectivity index (χ2v) is 5.67. The van der Waals surface area contributed by atoms with Gasteiger partial charge < -0.3 is 5.32 Å². The Kier molecular flexibility index (Phi) is 5.58. The minimum atomic E-state index is -3.65. The minimum absolute atomic E-state index is 0.0809. The van der Waals surface area contributed by atoms with E-state index in [4.69, 9.17) is 16.7 Å². The average molecular weight is 291 g/mol. The molecule has 1 aromatic carbocycles. The number of nitrogens with two attached hydrogens (primary N) is 1. The first-order chi connectivity index (χ1) is 8.43. The lowest BCUT2D eigenvalue weighted by Gasteiger charge is -2.05. The van der Waals surface area contributed by atoms with Crippen LogP contribution in [0.3, 0.4) is 0 Å². The number of benzene rings is 1. The molecule has 0 aliphatic heterocycles. The van der Waals surface area contributed by atoms with Crippen molar-refractivity contribution in [3.8, 4) is 0 Å². The monoisotopic (exact) mass is 290 g/mol. The number of alkyl halides is 1. The quantitative estimate of drug-likeness (QED) is 0.753. The molecule has 0 heterocycles. The summed E-state index contributed by atoms with van der Waals surface area (Å²) in [5.41, 5.74) is 0.925. The maximum Gasteiger partial charge on any atom is 0.238 e. The molecule has 7 heteroatoms. The van der Waals surface area contributed by atoms with Gasteiger partial charge >= 0.3 is 0 Å². The Hall–Kier alpha value is -1.11. The van der Waals surface area contributed by atoms with Crippen molar-refractivity contribution in [3.05, 3.63) is 29.8 Å². The third-order valence-corrected chi connectivity index (χ3v) is 3.43. The molecule has 0 aliphatic carbocycles. The Balaban J connectivity index is 2.47. The number of hydrogen-bond donors (Lipinski definition) is 2. The molecule has 0 saturated carbocycles. The lowest BCUT2D eigenvalue weighted by molar-refractivity contribution is -0.120. The van der Waals surface area contributed by atoms with Crippen molar-refractivity contribution >= 4 is 27.5 Å². The molecule has 100 valence electrons. The lowest BCUT2D eigenvalue weighted by Crippen LogP contribution is -2.25. The van der Waals surface area contributed by atoms with E-state index in [1.165, 1.54) is 12.1 Å². The van der Waals surface area contributed by atoms with Crippen molar-refractivity contribution in [1.82, 2.24) is 5.32 Å². The van der Waals surface area contributed by atoms with E-state index in [1.807, 2.05) is 0 Å². The van der Waals surface area contributed by atoms with Crippen molar-refractivity contribution in [2.45, 2.75) is 17.7 Å². The van der Waals surface area contributed by atoms with Gasteiger partial charge in [-0.2, -0.15) is 0 Å².